The maximum absolute atomic E-state index is 5.30. The fourth-order valence-corrected chi connectivity index (χ4v) is 1.93. The predicted molar refractivity (Wildman–Crippen MR) is 57.2 cm³/mol. The normalized spacial score (nSPS) is 19.5. The number of nitrogens with zero attached hydrogens (tertiary/aromatic N) is 1. The molecule has 0 bridgehead atoms. The van der Waals surface area contributed by atoms with Crippen molar-refractivity contribution >= 4 is 6.08 Å². The summed E-state index contributed by atoms with van der Waals surface area (Å²) in [5, 5.41) is 0. The number of hydrogen-bond donors (Lipinski definition) is 0. The fourth-order valence-electron chi connectivity index (χ4n) is 1.93. The molecule has 1 aliphatic rings. The van der Waals surface area contributed by atoms with Crippen LogP contribution in [-0.2, 0) is 11.2 Å². The maximum Gasteiger partial charge on any atom is 0.0810 e. The van der Waals surface area contributed by atoms with Crippen molar-refractivity contribution in [2.24, 2.45) is 0 Å². The van der Waals surface area contributed by atoms with Crippen LogP contribution < -0.4 is 0 Å². The Balaban J connectivity index is 2.45. The average Bonchev–Trinajstić information content (AvgIpc) is 2.16. The van der Waals surface area contributed by atoms with Crippen LogP contribution in [0.15, 0.2) is 12.1 Å². The first-order valence-corrected chi connectivity index (χ1v) is 4.89. The molecule has 2 heteroatoms. The van der Waals surface area contributed by atoms with Gasteiger partial charge >= 0.3 is 0 Å². The van der Waals surface area contributed by atoms with Gasteiger partial charge in [-0.15, -0.1) is 0 Å². The second kappa shape index (κ2) is 3.54. The van der Waals surface area contributed by atoms with Crippen molar-refractivity contribution in [3.8, 4) is 0 Å². The Kier molecular flexibility index (Phi) is 2.38. The van der Waals surface area contributed by atoms with Crippen molar-refractivity contribution in [1.82, 2.24) is 4.98 Å². The van der Waals surface area contributed by atoms with Crippen molar-refractivity contribution in [3.63, 3.8) is 0 Å². The molecule has 0 N–H and O–H groups in total. The van der Waals surface area contributed by atoms with Gasteiger partial charge in [0.1, 0.15) is 0 Å². The first kappa shape index (κ1) is 9.41. The van der Waals surface area contributed by atoms with E-state index in [9.17, 15) is 0 Å². The van der Waals surface area contributed by atoms with Crippen LogP contribution >= 0.6 is 0 Å². The van der Waals surface area contributed by atoms with Crippen molar-refractivity contribution in [2.45, 2.75) is 26.4 Å². The van der Waals surface area contributed by atoms with Crippen LogP contribution in [-0.4, -0.2) is 18.2 Å². The molecule has 0 saturated carbocycles. The van der Waals surface area contributed by atoms with Crippen molar-refractivity contribution < 1.29 is 4.74 Å². The highest BCUT2D eigenvalue weighted by Gasteiger charge is 2.15. The van der Waals surface area contributed by atoms with Gasteiger partial charge in [-0.2, -0.15) is 0 Å². The van der Waals surface area contributed by atoms with Crippen LogP contribution in [0.1, 0.15) is 22.5 Å². The van der Waals surface area contributed by atoms with E-state index in [1.54, 1.807) is 7.11 Å². The van der Waals surface area contributed by atoms with E-state index >= 15 is 0 Å². The first-order chi connectivity index (χ1) is 6.70. The minimum absolute atomic E-state index is 0.191. The molecule has 0 aliphatic heterocycles. The van der Waals surface area contributed by atoms with Crippen molar-refractivity contribution in [2.75, 3.05) is 7.11 Å². The highest BCUT2D eigenvalue weighted by atomic mass is 16.5. The van der Waals surface area contributed by atoms with E-state index < -0.39 is 0 Å². The summed E-state index contributed by atoms with van der Waals surface area (Å²) in [5.74, 6) is 0. The molecule has 74 valence electrons. The molecule has 1 atom stereocenters. The Labute approximate surface area is 84.6 Å². The van der Waals surface area contributed by atoms with Crippen LogP contribution in [0, 0.1) is 13.8 Å². The smallest absolute Gasteiger partial charge is 0.0810 e. The summed E-state index contributed by atoms with van der Waals surface area (Å²) in [6.07, 6.45) is 5.31. The fraction of sp³-hybridized carbons (Fsp3) is 0.417. The van der Waals surface area contributed by atoms with Crippen molar-refractivity contribution in [1.29, 1.82) is 0 Å². The summed E-state index contributed by atoms with van der Waals surface area (Å²) in [6.45, 7) is 4.17. The highest BCUT2D eigenvalue weighted by Crippen LogP contribution is 2.22. The Hall–Kier alpha value is -1.15. The lowest BCUT2D eigenvalue weighted by atomic mass is 9.96. The Morgan fingerprint density at radius 3 is 2.93 bits per heavy atom. The minimum atomic E-state index is 0.191. The third-order valence-electron chi connectivity index (χ3n) is 2.65. The van der Waals surface area contributed by atoms with Crippen LogP contribution in [0.4, 0.5) is 0 Å². The largest absolute Gasteiger partial charge is 0.377 e. The lowest BCUT2D eigenvalue weighted by Crippen LogP contribution is -2.17. The van der Waals surface area contributed by atoms with Gasteiger partial charge in [-0.25, -0.2) is 0 Å². The molecule has 0 fully saturated rings. The number of pyridine rings is 1. The number of rotatable bonds is 1. The maximum atomic E-state index is 5.30. The molecule has 0 amide bonds. The molecule has 1 heterocycles. The van der Waals surface area contributed by atoms with Crippen LogP contribution in [0.3, 0.4) is 0 Å². The summed E-state index contributed by atoms with van der Waals surface area (Å²) in [7, 11) is 1.74. The number of aryl methyl sites for hydroxylation is 2. The minimum Gasteiger partial charge on any atom is -0.377 e. The molecule has 2 nitrogen and oxygen atoms in total. The number of fused-ring (bicyclic) bond motifs is 1. The summed E-state index contributed by atoms with van der Waals surface area (Å²) < 4.78 is 5.30. The first-order valence-electron chi connectivity index (χ1n) is 4.89. The molecular weight excluding hydrogens is 174 g/mol. The summed E-state index contributed by atoms with van der Waals surface area (Å²) in [5.41, 5.74) is 4.82. The molecule has 0 aromatic carbocycles. The van der Waals surface area contributed by atoms with E-state index in [2.05, 4.69) is 30.1 Å². The average molecular weight is 189 g/mol. The molecule has 1 aromatic heterocycles. The van der Waals surface area contributed by atoms with E-state index in [-0.39, 0.29) is 6.10 Å². The molecule has 1 aromatic rings. The quantitative estimate of drug-likeness (QED) is 0.676. The number of ether oxygens (including phenoxy) is 1. The van der Waals surface area contributed by atoms with Crippen LogP contribution in [0.5, 0.6) is 0 Å². The number of methoxy groups -OCH3 is 1. The van der Waals surface area contributed by atoms with E-state index in [0.29, 0.717) is 0 Å². The summed E-state index contributed by atoms with van der Waals surface area (Å²) in [4.78, 5) is 4.54. The van der Waals surface area contributed by atoms with Gasteiger partial charge in [-0.05, 0) is 31.0 Å². The molecule has 0 saturated heterocycles. The lowest BCUT2D eigenvalue weighted by Gasteiger charge is -2.19. The second-order valence-electron chi connectivity index (χ2n) is 3.78. The SMILES string of the molecule is COC1C=Cc2c(C)cc(C)nc2C1. The van der Waals surface area contributed by atoms with Gasteiger partial charge in [0.15, 0.2) is 0 Å². The lowest BCUT2D eigenvalue weighted by molar-refractivity contribution is 0.140. The number of hydrogen-bond acceptors (Lipinski definition) is 2. The molecule has 1 unspecified atom stereocenters. The molecule has 1 aliphatic carbocycles. The zero-order valence-electron chi connectivity index (χ0n) is 8.87. The molecule has 2 rings (SSSR count). The van der Waals surface area contributed by atoms with Gasteiger partial charge in [0.25, 0.3) is 0 Å². The third-order valence-corrected chi connectivity index (χ3v) is 2.65. The summed E-state index contributed by atoms with van der Waals surface area (Å²) >= 11 is 0. The second-order valence-corrected chi connectivity index (χ2v) is 3.78. The highest BCUT2D eigenvalue weighted by molar-refractivity contribution is 5.59. The van der Waals surface area contributed by atoms with E-state index in [0.717, 1.165) is 17.8 Å². The van der Waals surface area contributed by atoms with Gasteiger partial charge < -0.3 is 4.74 Å². The topological polar surface area (TPSA) is 22.1 Å². The monoisotopic (exact) mass is 189 g/mol. The predicted octanol–water partition coefficient (Wildman–Crippen LogP) is 2.28. The van der Waals surface area contributed by atoms with Gasteiger partial charge in [0.05, 0.1) is 11.8 Å². The Morgan fingerprint density at radius 1 is 1.43 bits per heavy atom. The molecule has 0 radical (unpaired) electrons. The van der Waals surface area contributed by atoms with Gasteiger partial charge in [0, 0.05) is 19.2 Å². The third kappa shape index (κ3) is 1.58. The molecular formula is C12H15NO. The van der Waals surface area contributed by atoms with Gasteiger partial charge in [0.2, 0.25) is 0 Å². The Morgan fingerprint density at radius 2 is 2.21 bits per heavy atom. The van der Waals surface area contributed by atoms with E-state index in [4.69, 9.17) is 4.74 Å². The van der Waals surface area contributed by atoms with Crippen molar-refractivity contribution in [3.05, 3.63) is 34.7 Å². The summed E-state index contributed by atoms with van der Waals surface area (Å²) in [6, 6.07) is 2.12. The van der Waals surface area contributed by atoms with E-state index in [1.165, 1.54) is 11.1 Å². The van der Waals surface area contributed by atoms with Gasteiger partial charge in [-0.3, -0.25) is 4.98 Å². The zero-order valence-corrected chi connectivity index (χ0v) is 8.87. The zero-order chi connectivity index (χ0) is 10.1. The van der Waals surface area contributed by atoms with Crippen LogP contribution in [0.2, 0.25) is 0 Å². The van der Waals surface area contributed by atoms with E-state index in [1.807, 2.05) is 6.92 Å². The Bertz CT molecular complexity index is 382. The van der Waals surface area contributed by atoms with Gasteiger partial charge in [-0.1, -0.05) is 12.2 Å². The molecule has 0 spiro atoms. The number of aromatic nitrogens is 1. The standard InChI is InChI=1S/C12H15NO/c1-8-6-9(2)13-12-7-10(14-3)4-5-11(8)12/h4-6,10H,7H2,1-3H3. The molecule has 14 heavy (non-hydrogen) atoms. The van der Waals surface area contributed by atoms with Crippen LogP contribution in [0.25, 0.3) is 6.08 Å².